The van der Waals surface area contributed by atoms with E-state index in [0.717, 1.165) is 5.56 Å². The molecule has 1 aliphatic rings. The van der Waals surface area contributed by atoms with Crippen molar-refractivity contribution in [2.24, 2.45) is 5.92 Å². The highest BCUT2D eigenvalue weighted by Crippen LogP contribution is 2.39. The number of hydrogen-bond donors (Lipinski definition) is 2. The molecule has 3 heterocycles. The number of hydrogen-bond acceptors (Lipinski definition) is 8. The lowest BCUT2D eigenvalue weighted by molar-refractivity contribution is -0.123. The van der Waals surface area contributed by atoms with Gasteiger partial charge in [0.25, 0.3) is 11.8 Å². The molecule has 0 saturated heterocycles. The average molecular weight is 583 g/mol. The van der Waals surface area contributed by atoms with Crippen LogP contribution < -0.4 is 20.1 Å². The number of rotatable bonds is 5. The number of nitrogens with one attached hydrogen (secondary N) is 2. The maximum atomic E-state index is 14.1. The summed E-state index contributed by atoms with van der Waals surface area (Å²) in [6.45, 7) is 4.52. The molecule has 0 aliphatic carbocycles. The van der Waals surface area contributed by atoms with Crippen LogP contribution in [0.1, 0.15) is 46.5 Å². The van der Waals surface area contributed by atoms with Gasteiger partial charge < -0.3 is 25.0 Å². The lowest BCUT2D eigenvalue weighted by Gasteiger charge is -2.25. The topological polar surface area (TPSA) is 136 Å². The van der Waals surface area contributed by atoms with Crippen LogP contribution in [0.25, 0.3) is 22.2 Å². The van der Waals surface area contributed by atoms with Crippen molar-refractivity contribution in [3.05, 3.63) is 77.9 Å². The van der Waals surface area contributed by atoms with Crippen molar-refractivity contribution in [2.75, 3.05) is 27.3 Å². The normalized spacial score (nSPS) is 15.7. The summed E-state index contributed by atoms with van der Waals surface area (Å²) < 4.78 is 11.4. The van der Waals surface area contributed by atoms with Crippen LogP contribution in [0.5, 0.6) is 11.5 Å². The molecule has 5 rings (SSSR count). The summed E-state index contributed by atoms with van der Waals surface area (Å²) >= 11 is 0. The number of benzene rings is 2. The van der Waals surface area contributed by atoms with Gasteiger partial charge in [0.1, 0.15) is 11.6 Å². The number of nitrogens with zero attached hydrogens (tertiary/aromatic N) is 4. The van der Waals surface area contributed by atoms with Gasteiger partial charge in [0.05, 0.1) is 30.9 Å². The number of para-hydroxylation sites is 1. The van der Waals surface area contributed by atoms with Gasteiger partial charge in [0, 0.05) is 55.5 Å². The predicted molar refractivity (Wildman–Crippen MR) is 161 cm³/mol. The standard InChI is InChI=1S/C32H34N6O5/c1-19(2)12-26-31(40)36-10-11-38(32(41)23-6-5-7-25-28(23)35-9-8-34-25)18-20-13-24(29(43-4)27(14-20)42-3)21-15-22(17-33-16-21)30(39)37-26/h5-9,13-17,19,26H,10-12,18H2,1-4H3,(H,36,40)(H,37,39)/t26-/m1/s1. The summed E-state index contributed by atoms with van der Waals surface area (Å²) in [6, 6.07) is 9.93. The first-order valence-electron chi connectivity index (χ1n) is 14.1. The Labute approximate surface area is 249 Å². The summed E-state index contributed by atoms with van der Waals surface area (Å²) in [5, 5.41) is 5.79. The van der Waals surface area contributed by atoms with E-state index in [1.807, 2.05) is 26.0 Å². The third kappa shape index (κ3) is 6.40. The molecule has 11 heteroatoms. The van der Waals surface area contributed by atoms with Gasteiger partial charge in [-0.15, -0.1) is 0 Å². The van der Waals surface area contributed by atoms with Crippen LogP contribution in [0.4, 0.5) is 0 Å². The molecule has 2 aromatic heterocycles. The van der Waals surface area contributed by atoms with Gasteiger partial charge in [-0.05, 0) is 48.2 Å². The smallest absolute Gasteiger partial charge is 0.256 e. The average Bonchev–Trinajstić information content (AvgIpc) is 3.02. The summed E-state index contributed by atoms with van der Waals surface area (Å²) in [4.78, 5) is 55.4. The lowest BCUT2D eigenvalue weighted by Crippen LogP contribution is -2.49. The number of carbonyl (C=O) groups is 3. The molecule has 11 nitrogen and oxygen atoms in total. The molecule has 0 spiro atoms. The van der Waals surface area contributed by atoms with Crippen LogP contribution >= 0.6 is 0 Å². The second kappa shape index (κ2) is 12.8. The van der Waals surface area contributed by atoms with E-state index in [4.69, 9.17) is 9.47 Å². The molecule has 0 unspecified atom stereocenters. The van der Waals surface area contributed by atoms with E-state index in [2.05, 4.69) is 25.6 Å². The molecule has 0 radical (unpaired) electrons. The number of aromatic nitrogens is 3. The van der Waals surface area contributed by atoms with Gasteiger partial charge >= 0.3 is 0 Å². The number of fused-ring (bicyclic) bond motifs is 6. The quantitative estimate of drug-likeness (QED) is 0.364. The van der Waals surface area contributed by atoms with E-state index in [-0.39, 0.29) is 37.4 Å². The van der Waals surface area contributed by atoms with Gasteiger partial charge in [-0.1, -0.05) is 19.9 Å². The molecule has 0 saturated carbocycles. The SMILES string of the molecule is COc1cc2cc(c1OC)-c1cncc(c1)C(=O)N[C@H](CC(C)C)C(=O)NCCN(C(=O)c1cccc3nccnc13)C2. The molecule has 4 bridgehead atoms. The molecule has 1 atom stereocenters. The van der Waals surface area contributed by atoms with Gasteiger partial charge in [-0.3, -0.25) is 29.3 Å². The Morgan fingerprint density at radius 3 is 2.60 bits per heavy atom. The summed E-state index contributed by atoms with van der Waals surface area (Å²) in [6.07, 6.45) is 6.66. The third-order valence-electron chi connectivity index (χ3n) is 7.25. The highest BCUT2D eigenvalue weighted by Gasteiger charge is 2.26. The summed E-state index contributed by atoms with van der Waals surface area (Å²) in [5.74, 6) is 0.0620. The Morgan fingerprint density at radius 2 is 1.84 bits per heavy atom. The minimum absolute atomic E-state index is 0.145. The van der Waals surface area contributed by atoms with Gasteiger partial charge in [0.15, 0.2) is 11.5 Å². The molecule has 2 aromatic carbocycles. The minimum atomic E-state index is -0.769. The Hall–Kier alpha value is -5.06. The monoisotopic (exact) mass is 582 g/mol. The molecule has 1 aliphatic heterocycles. The second-order valence-electron chi connectivity index (χ2n) is 10.7. The zero-order valence-electron chi connectivity index (χ0n) is 24.6. The highest BCUT2D eigenvalue weighted by molar-refractivity contribution is 6.04. The maximum Gasteiger partial charge on any atom is 0.256 e. The Balaban J connectivity index is 1.63. The predicted octanol–water partition coefficient (Wildman–Crippen LogP) is 3.63. The summed E-state index contributed by atoms with van der Waals surface area (Å²) in [7, 11) is 3.08. The molecule has 2 N–H and O–H groups in total. The van der Waals surface area contributed by atoms with E-state index in [0.29, 0.717) is 51.2 Å². The number of ether oxygens (including phenoxy) is 2. The van der Waals surface area contributed by atoms with Crippen molar-refractivity contribution < 1.29 is 23.9 Å². The van der Waals surface area contributed by atoms with Crippen LogP contribution in [-0.2, 0) is 11.3 Å². The molecular formula is C32H34N6O5. The van der Waals surface area contributed by atoms with Crippen LogP contribution in [0.2, 0.25) is 0 Å². The van der Waals surface area contributed by atoms with Gasteiger partial charge in [-0.25, -0.2) is 0 Å². The lowest BCUT2D eigenvalue weighted by atomic mass is 10.00. The van der Waals surface area contributed by atoms with Crippen LogP contribution in [0.3, 0.4) is 0 Å². The van der Waals surface area contributed by atoms with E-state index in [1.54, 1.807) is 54.9 Å². The number of methoxy groups -OCH3 is 2. The first kappa shape index (κ1) is 29.4. The minimum Gasteiger partial charge on any atom is -0.493 e. The molecule has 222 valence electrons. The van der Waals surface area contributed by atoms with E-state index >= 15 is 0 Å². The van der Waals surface area contributed by atoms with E-state index in [9.17, 15) is 14.4 Å². The maximum absolute atomic E-state index is 14.1. The zero-order chi connectivity index (χ0) is 30.5. The summed E-state index contributed by atoms with van der Waals surface area (Å²) in [5.41, 5.74) is 3.81. The van der Waals surface area contributed by atoms with Crippen molar-refractivity contribution in [1.82, 2.24) is 30.5 Å². The Kier molecular flexibility index (Phi) is 8.79. The van der Waals surface area contributed by atoms with Gasteiger partial charge in [-0.2, -0.15) is 0 Å². The van der Waals surface area contributed by atoms with Crippen molar-refractivity contribution in [3.63, 3.8) is 0 Å². The fourth-order valence-corrected chi connectivity index (χ4v) is 5.23. The second-order valence-corrected chi connectivity index (χ2v) is 10.7. The van der Waals surface area contributed by atoms with Crippen molar-refractivity contribution in [3.8, 4) is 22.6 Å². The number of carbonyl (C=O) groups excluding carboxylic acids is 3. The fraction of sp³-hybridized carbons (Fsp3) is 0.312. The Morgan fingerprint density at radius 1 is 1.05 bits per heavy atom. The highest BCUT2D eigenvalue weighted by atomic mass is 16.5. The molecule has 3 amide bonds. The first-order chi connectivity index (χ1) is 20.8. The molecule has 43 heavy (non-hydrogen) atoms. The zero-order valence-corrected chi connectivity index (χ0v) is 24.6. The molecule has 0 fully saturated rings. The largest absolute Gasteiger partial charge is 0.493 e. The molecular weight excluding hydrogens is 548 g/mol. The van der Waals surface area contributed by atoms with Gasteiger partial charge in [0.2, 0.25) is 5.91 Å². The Bertz CT molecular complexity index is 1670. The van der Waals surface area contributed by atoms with Crippen molar-refractivity contribution in [1.29, 1.82) is 0 Å². The van der Waals surface area contributed by atoms with Crippen LogP contribution in [-0.4, -0.2) is 70.9 Å². The number of amides is 3. The third-order valence-corrected chi connectivity index (χ3v) is 7.25. The van der Waals surface area contributed by atoms with E-state index in [1.165, 1.54) is 13.3 Å². The fourth-order valence-electron chi connectivity index (χ4n) is 5.23. The van der Waals surface area contributed by atoms with Crippen molar-refractivity contribution in [2.45, 2.75) is 32.9 Å². The number of pyridine rings is 1. The van der Waals surface area contributed by atoms with Crippen LogP contribution in [0.15, 0.2) is 61.2 Å². The van der Waals surface area contributed by atoms with Crippen molar-refractivity contribution >= 4 is 28.8 Å². The van der Waals surface area contributed by atoms with E-state index < -0.39 is 11.9 Å². The van der Waals surface area contributed by atoms with Crippen LogP contribution in [0, 0.1) is 5.92 Å². The first-order valence-corrected chi connectivity index (χ1v) is 14.1. The molecule has 4 aromatic rings.